The van der Waals surface area contributed by atoms with E-state index < -0.39 is 0 Å². The molecule has 1 aliphatic carbocycles. The Morgan fingerprint density at radius 1 is 1.00 bits per heavy atom. The van der Waals surface area contributed by atoms with Crippen molar-refractivity contribution in [3.8, 4) is 0 Å². The molecule has 3 heteroatoms. The van der Waals surface area contributed by atoms with Gasteiger partial charge >= 0.3 is 0 Å². The molecule has 2 saturated heterocycles. The van der Waals surface area contributed by atoms with Crippen molar-refractivity contribution >= 4 is 5.91 Å². The van der Waals surface area contributed by atoms with Gasteiger partial charge in [-0.05, 0) is 57.3 Å². The summed E-state index contributed by atoms with van der Waals surface area (Å²) in [5.74, 6) is 1.46. The van der Waals surface area contributed by atoms with Crippen LogP contribution < -0.4 is 10.6 Å². The number of fused-ring (bicyclic) bond motifs is 2. The monoisotopic (exact) mass is 250 g/mol. The normalized spacial score (nSPS) is 43.7. The quantitative estimate of drug-likeness (QED) is 0.789. The molecule has 3 fully saturated rings. The fourth-order valence-corrected chi connectivity index (χ4v) is 4.02. The van der Waals surface area contributed by atoms with Crippen LogP contribution in [0, 0.1) is 11.8 Å². The van der Waals surface area contributed by atoms with Crippen molar-refractivity contribution in [3.63, 3.8) is 0 Å². The minimum atomic E-state index is 0.300. The minimum absolute atomic E-state index is 0.300. The van der Waals surface area contributed by atoms with Gasteiger partial charge in [-0.1, -0.05) is 6.92 Å². The minimum Gasteiger partial charge on any atom is -0.353 e. The van der Waals surface area contributed by atoms with Crippen LogP contribution in [0.15, 0.2) is 0 Å². The first-order chi connectivity index (χ1) is 8.70. The zero-order chi connectivity index (χ0) is 12.5. The number of carbonyl (C=O) groups is 1. The third-order valence-electron chi connectivity index (χ3n) is 5.21. The van der Waals surface area contributed by atoms with Crippen molar-refractivity contribution in [2.24, 2.45) is 11.8 Å². The highest BCUT2D eigenvalue weighted by Gasteiger charge is 2.35. The van der Waals surface area contributed by atoms with Crippen molar-refractivity contribution < 1.29 is 4.79 Å². The van der Waals surface area contributed by atoms with Crippen molar-refractivity contribution in [1.29, 1.82) is 0 Å². The van der Waals surface area contributed by atoms with Crippen molar-refractivity contribution in [2.45, 2.75) is 76.4 Å². The number of piperidine rings is 1. The Morgan fingerprint density at radius 2 is 1.61 bits per heavy atom. The summed E-state index contributed by atoms with van der Waals surface area (Å²) in [4.78, 5) is 12.3. The van der Waals surface area contributed by atoms with Crippen LogP contribution in [-0.2, 0) is 4.79 Å². The SMILES string of the molecule is CC1CCC(C(=O)NC2CC3CCC(C2)N3)CC1. The molecule has 3 aliphatic rings. The Hall–Kier alpha value is -0.570. The summed E-state index contributed by atoms with van der Waals surface area (Å²) in [6.45, 7) is 2.30. The van der Waals surface area contributed by atoms with Crippen LogP contribution in [0.25, 0.3) is 0 Å². The Bertz CT molecular complexity index is 298. The van der Waals surface area contributed by atoms with E-state index >= 15 is 0 Å². The predicted octanol–water partition coefficient (Wildman–Crippen LogP) is 2.21. The summed E-state index contributed by atoms with van der Waals surface area (Å²) in [5, 5.41) is 6.95. The third kappa shape index (κ3) is 2.71. The second-order valence-corrected chi connectivity index (χ2v) is 6.77. The van der Waals surface area contributed by atoms with Gasteiger partial charge in [0.25, 0.3) is 0 Å². The van der Waals surface area contributed by atoms with Gasteiger partial charge in [0.2, 0.25) is 5.91 Å². The number of hydrogen-bond donors (Lipinski definition) is 2. The Balaban J connectivity index is 1.49. The second kappa shape index (κ2) is 5.20. The highest BCUT2D eigenvalue weighted by atomic mass is 16.1. The van der Waals surface area contributed by atoms with Gasteiger partial charge in [0, 0.05) is 24.0 Å². The van der Waals surface area contributed by atoms with Gasteiger partial charge in [-0.15, -0.1) is 0 Å². The lowest BCUT2D eigenvalue weighted by molar-refractivity contribution is -0.127. The van der Waals surface area contributed by atoms with E-state index in [0.29, 0.717) is 30.0 Å². The van der Waals surface area contributed by atoms with Gasteiger partial charge in [-0.25, -0.2) is 0 Å². The maximum absolute atomic E-state index is 12.3. The fourth-order valence-electron chi connectivity index (χ4n) is 4.02. The molecule has 102 valence electrons. The zero-order valence-electron chi connectivity index (χ0n) is 11.5. The van der Waals surface area contributed by atoms with Gasteiger partial charge in [-0.2, -0.15) is 0 Å². The Kier molecular flexibility index (Phi) is 3.60. The van der Waals surface area contributed by atoms with E-state index in [-0.39, 0.29) is 0 Å². The van der Waals surface area contributed by atoms with Crippen LogP contribution >= 0.6 is 0 Å². The lowest BCUT2D eigenvalue weighted by atomic mass is 9.82. The van der Waals surface area contributed by atoms with E-state index in [1.807, 2.05) is 0 Å². The van der Waals surface area contributed by atoms with Gasteiger partial charge in [0.1, 0.15) is 0 Å². The van der Waals surface area contributed by atoms with Crippen LogP contribution in [0.4, 0.5) is 0 Å². The lowest BCUT2D eigenvalue weighted by Crippen LogP contribution is -2.49. The van der Waals surface area contributed by atoms with E-state index in [1.165, 1.54) is 25.7 Å². The van der Waals surface area contributed by atoms with Gasteiger partial charge in [-0.3, -0.25) is 4.79 Å². The summed E-state index contributed by atoms with van der Waals surface area (Å²) in [5.41, 5.74) is 0. The highest BCUT2D eigenvalue weighted by molar-refractivity contribution is 5.79. The molecule has 0 aromatic rings. The topological polar surface area (TPSA) is 41.1 Å². The average molecular weight is 250 g/mol. The Morgan fingerprint density at radius 3 is 2.22 bits per heavy atom. The lowest BCUT2D eigenvalue weighted by Gasteiger charge is -2.32. The molecule has 2 N–H and O–H groups in total. The number of hydrogen-bond acceptors (Lipinski definition) is 2. The summed E-state index contributed by atoms with van der Waals surface area (Å²) in [6.07, 6.45) is 9.56. The molecule has 0 aromatic carbocycles. The molecular weight excluding hydrogens is 224 g/mol. The molecule has 2 aliphatic heterocycles. The standard InChI is InChI=1S/C15H26N2O/c1-10-2-4-11(5-3-10)15(18)17-14-8-12-6-7-13(9-14)16-12/h10-14,16H,2-9H2,1H3,(H,17,18). The van der Waals surface area contributed by atoms with Crippen LogP contribution in [0.2, 0.25) is 0 Å². The largest absolute Gasteiger partial charge is 0.353 e. The molecule has 1 amide bonds. The summed E-state index contributed by atoms with van der Waals surface area (Å²) in [6, 6.07) is 1.77. The maximum Gasteiger partial charge on any atom is 0.223 e. The second-order valence-electron chi connectivity index (χ2n) is 6.77. The average Bonchev–Trinajstić information content (AvgIpc) is 2.69. The molecule has 3 nitrogen and oxygen atoms in total. The molecule has 0 spiro atoms. The van der Waals surface area contributed by atoms with Crippen LogP contribution in [0.1, 0.15) is 58.3 Å². The predicted molar refractivity (Wildman–Crippen MR) is 72.2 cm³/mol. The van der Waals surface area contributed by atoms with Gasteiger partial charge in [0.15, 0.2) is 0 Å². The maximum atomic E-state index is 12.3. The zero-order valence-corrected chi connectivity index (χ0v) is 11.5. The molecule has 18 heavy (non-hydrogen) atoms. The molecule has 1 saturated carbocycles. The third-order valence-corrected chi connectivity index (χ3v) is 5.21. The van der Waals surface area contributed by atoms with Gasteiger partial charge < -0.3 is 10.6 Å². The molecule has 2 atom stereocenters. The van der Waals surface area contributed by atoms with E-state index in [9.17, 15) is 4.79 Å². The van der Waals surface area contributed by atoms with Crippen molar-refractivity contribution in [1.82, 2.24) is 10.6 Å². The van der Waals surface area contributed by atoms with Crippen LogP contribution in [0.3, 0.4) is 0 Å². The highest BCUT2D eigenvalue weighted by Crippen LogP contribution is 2.30. The molecule has 2 bridgehead atoms. The number of nitrogens with one attached hydrogen (secondary N) is 2. The van der Waals surface area contributed by atoms with E-state index in [1.54, 1.807) is 0 Å². The first kappa shape index (κ1) is 12.5. The first-order valence-electron chi connectivity index (χ1n) is 7.77. The first-order valence-corrected chi connectivity index (χ1v) is 7.77. The van der Waals surface area contributed by atoms with Crippen LogP contribution in [0.5, 0.6) is 0 Å². The van der Waals surface area contributed by atoms with E-state index in [2.05, 4.69) is 17.6 Å². The summed E-state index contributed by atoms with van der Waals surface area (Å²) in [7, 11) is 0. The Labute approximate surface area is 110 Å². The smallest absolute Gasteiger partial charge is 0.223 e. The molecule has 3 rings (SSSR count). The van der Waals surface area contributed by atoms with Crippen LogP contribution in [-0.4, -0.2) is 24.0 Å². The fraction of sp³-hybridized carbons (Fsp3) is 0.933. The molecule has 2 heterocycles. The van der Waals surface area contributed by atoms with Crippen molar-refractivity contribution in [3.05, 3.63) is 0 Å². The number of amides is 1. The summed E-state index contributed by atoms with van der Waals surface area (Å²) < 4.78 is 0. The summed E-state index contributed by atoms with van der Waals surface area (Å²) >= 11 is 0. The van der Waals surface area contributed by atoms with E-state index in [4.69, 9.17) is 0 Å². The molecular formula is C15H26N2O. The van der Waals surface area contributed by atoms with Crippen molar-refractivity contribution in [2.75, 3.05) is 0 Å². The molecule has 0 aromatic heterocycles. The van der Waals surface area contributed by atoms with Gasteiger partial charge in [0.05, 0.1) is 0 Å². The molecule has 0 radical (unpaired) electrons. The number of rotatable bonds is 2. The number of carbonyl (C=O) groups excluding carboxylic acids is 1. The molecule has 2 unspecified atom stereocenters. The van der Waals surface area contributed by atoms with E-state index in [0.717, 1.165) is 31.6 Å².